The Kier molecular flexibility index (Phi) is 6.42. The molecule has 0 heterocycles. The number of hydrogen-bond acceptors (Lipinski definition) is 1. The third kappa shape index (κ3) is 5.68. The molecule has 0 radical (unpaired) electrons. The van der Waals surface area contributed by atoms with Gasteiger partial charge in [0.15, 0.2) is 0 Å². The fraction of sp³-hybridized carbons (Fsp3) is 0.647. The lowest BCUT2D eigenvalue weighted by atomic mass is 9.82. The van der Waals surface area contributed by atoms with Crippen molar-refractivity contribution in [1.29, 1.82) is 0 Å². The Balaban J connectivity index is 2.42. The van der Waals surface area contributed by atoms with Gasteiger partial charge in [0.2, 0.25) is 0 Å². The normalized spacial score (nSPS) is 11.8. The smallest absolute Gasteiger partial charge is 0.00437 e. The van der Waals surface area contributed by atoms with Gasteiger partial charge < -0.3 is 5.32 Å². The van der Waals surface area contributed by atoms with E-state index in [-0.39, 0.29) is 0 Å². The lowest BCUT2D eigenvalue weighted by Crippen LogP contribution is -2.24. The molecule has 0 spiro atoms. The molecule has 0 atom stereocenters. The first-order valence-electron chi connectivity index (χ1n) is 7.36. The van der Waals surface area contributed by atoms with E-state index in [1.165, 1.54) is 30.4 Å². The van der Waals surface area contributed by atoms with Crippen molar-refractivity contribution >= 4 is 0 Å². The molecule has 102 valence electrons. The molecule has 0 aromatic heterocycles. The van der Waals surface area contributed by atoms with E-state index in [1.807, 2.05) is 0 Å². The van der Waals surface area contributed by atoms with Crippen LogP contribution in [0.1, 0.15) is 51.7 Å². The summed E-state index contributed by atoms with van der Waals surface area (Å²) in [6.45, 7) is 11.4. The molecule has 0 fully saturated rings. The second-order valence-corrected chi connectivity index (χ2v) is 6.01. The Morgan fingerprint density at radius 1 is 0.944 bits per heavy atom. The van der Waals surface area contributed by atoms with E-state index < -0.39 is 0 Å². The second-order valence-electron chi connectivity index (χ2n) is 6.01. The van der Waals surface area contributed by atoms with Crippen LogP contribution in [0.4, 0.5) is 0 Å². The average molecular weight is 247 g/mol. The molecule has 0 unspecified atom stereocenters. The van der Waals surface area contributed by atoms with E-state index in [9.17, 15) is 0 Å². The first-order chi connectivity index (χ1) is 8.57. The summed E-state index contributed by atoms with van der Waals surface area (Å²) in [6.07, 6.45) is 4.76. The van der Waals surface area contributed by atoms with Gasteiger partial charge in [0.05, 0.1) is 0 Å². The van der Waals surface area contributed by atoms with Crippen molar-refractivity contribution in [3.8, 4) is 0 Å². The standard InChI is InChI=1S/C17H29N/c1-5-12-18-13-11-17(3,4)14-16-9-7-15(6-2)8-10-16/h7-10,18H,5-6,11-14H2,1-4H3. The van der Waals surface area contributed by atoms with Crippen LogP contribution in [0.15, 0.2) is 24.3 Å². The molecule has 0 saturated heterocycles. The SMILES string of the molecule is CCCNCCC(C)(C)Cc1ccc(CC)cc1. The van der Waals surface area contributed by atoms with Crippen molar-refractivity contribution in [3.05, 3.63) is 35.4 Å². The van der Waals surface area contributed by atoms with Gasteiger partial charge in [-0.3, -0.25) is 0 Å². The average Bonchev–Trinajstić information content (AvgIpc) is 2.35. The Morgan fingerprint density at radius 2 is 1.56 bits per heavy atom. The van der Waals surface area contributed by atoms with Crippen molar-refractivity contribution in [1.82, 2.24) is 5.32 Å². The maximum Gasteiger partial charge on any atom is -0.00437 e. The number of hydrogen-bond donors (Lipinski definition) is 1. The van der Waals surface area contributed by atoms with Crippen LogP contribution in [-0.4, -0.2) is 13.1 Å². The number of nitrogens with one attached hydrogen (secondary N) is 1. The number of benzene rings is 1. The number of aryl methyl sites for hydroxylation is 1. The zero-order valence-electron chi connectivity index (χ0n) is 12.6. The van der Waals surface area contributed by atoms with E-state index in [1.54, 1.807) is 0 Å². The molecule has 0 amide bonds. The summed E-state index contributed by atoms with van der Waals surface area (Å²) < 4.78 is 0. The first-order valence-corrected chi connectivity index (χ1v) is 7.36. The van der Waals surface area contributed by atoms with Crippen LogP contribution in [-0.2, 0) is 12.8 Å². The molecule has 0 saturated carbocycles. The highest BCUT2D eigenvalue weighted by Crippen LogP contribution is 2.25. The molecular formula is C17H29N. The van der Waals surface area contributed by atoms with E-state index in [4.69, 9.17) is 0 Å². The fourth-order valence-electron chi connectivity index (χ4n) is 2.26. The van der Waals surface area contributed by atoms with E-state index in [0.717, 1.165) is 19.5 Å². The Morgan fingerprint density at radius 3 is 2.11 bits per heavy atom. The molecular weight excluding hydrogens is 218 g/mol. The molecule has 0 bridgehead atoms. The summed E-state index contributed by atoms with van der Waals surface area (Å²) >= 11 is 0. The van der Waals surface area contributed by atoms with Crippen LogP contribution in [0.25, 0.3) is 0 Å². The van der Waals surface area contributed by atoms with Crippen LogP contribution >= 0.6 is 0 Å². The topological polar surface area (TPSA) is 12.0 Å². The van der Waals surface area contributed by atoms with Crippen LogP contribution in [0.2, 0.25) is 0 Å². The third-order valence-corrected chi connectivity index (χ3v) is 3.52. The summed E-state index contributed by atoms with van der Waals surface area (Å²) in [5, 5.41) is 3.50. The summed E-state index contributed by atoms with van der Waals surface area (Å²) in [5.41, 5.74) is 3.28. The molecule has 0 aliphatic rings. The van der Waals surface area contributed by atoms with Gasteiger partial charge in [-0.15, -0.1) is 0 Å². The van der Waals surface area contributed by atoms with Crippen molar-refractivity contribution < 1.29 is 0 Å². The van der Waals surface area contributed by atoms with Crippen molar-refractivity contribution in [3.63, 3.8) is 0 Å². The van der Waals surface area contributed by atoms with Crippen molar-refractivity contribution in [2.45, 2.75) is 53.4 Å². The van der Waals surface area contributed by atoms with Crippen LogP contribution in [0, 0.1) is 5.41 Å². The zero-order valence-corrected chi connectivity index (χ0v) is 12.6. The molecule has 1 N–H and O–H groups in total. The van der Waals surface area contributed by atoms with Crippen LogP contribution in [0.3, 0.4) is 0 Å². The van der Waals surface area contributed by atoms with Crippen molar-refractivity contribution in [2.75, 3.05) is 13.1 Å². The Bertz CT molecular complexity index is 324. The highest BCUT2D eigenvalue weighted by molar-refractivity contribution is 5.23. The van der Waals surface area contributed by atoms with E-state index >= 15 is 0 Å². The third-order valence-electron chi connectivity index (χ3n) is 3.52. The van der Waals surface area contributed by atoms with Gasteiger partial charge in [0.1, 0.15) is 0 Å². The fourth-order valence-corrected chi connectivity index (χ4v) is 2.26. The highest BCUT2D eigenvalue weighted by atomic mass is 14.8. The van der Waals surface area contributed by atoms with E-state index in [0.29, 0.717) is 5.41 Å². The second kappa shape index (κ2) is 7.58. The minimum atomic E-state index is 0.383. The molecule has 1 aromatic carbocycles. The zero-order chi connectivity index (χ0) is 13.4. The molecule has 0 aliphatic heterocycles. The number of rotatable bonds is 8. The largest absolute Gasteiger partial charge is 0.317 e. The molecule has 1 aromatic rings. The molecule has 1 heteroatoms. The minimum Gasteiger partial charge on any atom is -0.317 e. The van der Waals surface area contributed by atoms with E-state index in [2.05, 4.69) is 57.3 Å². The first kappa shape index (κ1) is 15.2. The quantitative estimate of drug-likeness (QED) is 0.679. The van der Waals surface area contributed by atoms with Gasteiger partial charge in [0.25, 0.3) is 0 Å². The van der Waals surface area contributed by atoms with Gasteiger partial charge in [-0.1, -0.05) is 52.0 Å². The summed E-state index contributed by atoms with van der Waals surface area (Å²) in [4.78, 5) is 0. The van der Waals surface area contributed by atoms with Gasteiger partial charge in [0, 0.05) is 0 Å². The van der Waals surface area contributed by atoms with Gasteiger partial charge in [-0.25, -0.2) is 0 Å². The summed E-state index contributed by atoms with van der Waals surface area (Å²) in [5.74, 6) is 0. The predicted molar refractivity (Wildman–Crippen MR) is 81.1 cm³/mol. The minimum absolute atomic E-state index is 0.383. The lowest BCUT2D eigenvalue weighted by molar-refractivity contribution is 0.325. The molecule has 0 aliphatic carbocycles. The predicted octanol–water partition coefficient (Wildman–Crippen LogP) is 4.21. The Labute approximate surface area is 113 Å². The Hall–Kier alpha value is -0.820. The van der Waals surface area contributed by atoms with Gasteiger partial charge >= 0.3 is 0 Å². The monoisotopic (exact) mass is 247 g/mol. The van der Waals surface area contributed by atoms with Crippen molar-refractivity contribution in [2.24, 2.45) is 5.41 Å². The summed E-state index contributed by atoms with van der Waals surface area (Å²) in [6, 6.07) is 9.11. The summed E-state index contributed by atoms with van der Waals surface area (Å²) in [7, 11) is 0. The highest BCUT2D eigenvalue weighted by Gasteiger charge is 2.17. The molecule has 1 nitrogen and oxygen atoms in total. The van der Waals surface area contributed by atoms with Gasteiger partial charge in [-0.05, 0) is 55.3 Å². The molecule has 1 rings (SSSR count). The lowest BCUT2D eigenvalue weighted by Gasteiger charge is -2.25. The maximum absolute atomic E-state index is 3.50. The van der Waals surface area contributed by atoms with Gasteiger partial charge in [-0.2, -0.15) is 0 Å². The van der Waals surface area contributed by atoms with Crippen LogP contribution in [0.5, 0.6) is 0 Å². The van der Waals surface area contributed by atoms with Crippen LogP contribution < -0.4 is 5.32 Å². The maximum atomic E-state index is 3.50. The molecule has 18 heavy (non-hydrogen) atoms.